The maximum Gasteiger partial charge on any atom is 0.429 e. The molecule has 0 aliphatic rings. The predicted molar refractivity (Wildman–Crippen MR) is 90.5 cm³/mol. The van der Waals surface area contributed by atoms with Crippen LogP contribution in [-0.4, -0.2) is 23.4 Å². The lowest BCUT2D eigenvalue weighted by Gasteiger charge is -2.17. The van der Waals surface area contributed by atoms with Crippen molar-refractivity contribution in [1.82, 2.24) is 0 Å². The highest BCUT2D eigenvalue weighted by Crippen LogP contribution is 2.25. The highest BCUT2D eigenvalue weighted by atomic mass is 19.4. The summed E-state index contributed by atoms with van der Waals surface area (Å²) in [6, 6.07) is 4.86. The number of alkyl halides is 3. The molecule has 0 radical (unpaired) electrons. The molecule has 0 spiro atoms. The van der Waals surface area contributed by atoms with Crippen molar-refractivity contribution in [3.63, 3.8) is 0 Å². The number of ether oxygens (including phenoxy) is 1. The fourth-order valence-electron chi connectivity index (χ4n) is 2.26. The number of phenols is 1. The van der Waals surface area contributed by atoms with E-state index >= 15 is 0 Å². The molecule has 0 heterocycles. The average Bonchev–Trinajstić information content (AvgIpc) is 2.55. The highest BCUT2D eigenvalue weighted by Gasteiger charge is 2.41. The number of carbonyl (C=O) groups excluding carboxylic acids is 1. The number of halogens is 3. The first-order valence-electron chi connectivity index (χ1n) is 8.58. The van der Waals surface area contributed by atoms with Crippen molar-refractivity contribution < 1.29 is 27.8 Å². The Morgan fingerprint density at radius 2 is 1.72 bits per heavy atom. The molecule has 0 saturated heterocycles. The number of rotatable bonds is 10. The van der Waals surface area contributed by atoms with E-state index in [4.69, 9.17) is 5.11 Å². The number of benzene rings is 1. The molecule has 1 atom stereocenters. The van der Waals surface area contributed by atoms with Crippen LogP contribution in [0.1, 0.15) is 62.2 Å². The first-order chi connectivity index (χ1) is 11.8. The lowest BCUT2D eigenvalue weighted by molar-refractivity contribution is -0.189. The Bertz CT molecular complexity index is 536. The summed E-state index contributed by atoms with van der Waals surface area (Å²) in [5.41, 5.74) is -0.0450. The number of hydrogen-bond acceptors (Lipinski definition) is 3. The molecule has 0 saturated carbocycles. The van der Waals surface area contributed by atoms with E-state index in [0.29, 0.717) is 6.42 Å². The molecular formula is C19H25F3O3. The summed E-state index contributed by atoms with van der Waals surface area (Å²) in [5, 5.41) is 9.14. The molecule has 1 N–H and O–H groups in total. The van der Waals surface area contributed by atoms with Crippen molar-refractivity contribution in [2.75, 3.05) is 0 Å². The minimum atomic E-state index is -4.66. The number of phenolic OH excluding ortho intramolecular Hbond substituents is 1. The molecule has 0 amide bonds. The minimum absolute atomic E-state index is 0.0450. The third-order valence-electron chi connectivity index (χ3n) is 3.69. The molecule has 0 aliphatic heterocycles. The van der Waals surface area contributed by atoms with Gasteiger partial charge in [0, 0.05) is 0 Å². The topological polar surface area (TPSA) is 46.5 Å². The number of unbranched alkanes of at least 4 members (excludes halogenated alkanes) is 6. The maximum absolute atomic E-state index is 13.0. The standard InChI is InChI=1S/C19H25F3O3/c1-2-3-4-5-6-7-8-9-10-17(19(20,21)22)25-18(24)15-11-13-16(23)14-12-15/h9-14,17,23H,2-8H2,1H3/b10-9-. The van der Waals surface area contributed by atoms with E-state index in [0.717, 1.165) is 38.2 Å². The van der Waals surface area contributed by atoms with Gasteiger partial charge in [-0.1, -0.05) is 45.1 Å². The predicted octanol–water partition coefficient (Wildman–Crippen LogP) is 5.79. The molecular weight excluding hydrogens is 333 g/mol. The van der Waals surface area contributed by atoms with E-state index in [1.54, 1.807) is 0 Å². The summed E-state index contributed by atoms with van der Waals surface area (Å²) in [7, 11) is 0. The third-order valence-corrected chi connectivity index (χ3v) is 3.69. The maximum atomic E-state index is 13.0. The van der Waals surface area contributed by atoms with E-state index in [1.807, 2.05) is 0 Å². The fourth-order valence-corrected chi connectivity index (χ4v) is 2.26. The Kier molecular flexibility index (Phi) is 9.10. The molecule has 1 rings (SSSR count). The molecule has 6 heteroatoms. The summed E-state index contributed by atoms with van der Waals surface area (Å²) in [6.07, 6.45) is 2.26. The van der Waals surface area contributed by atoms with Gasteiger partial charge in [-0.3, -0.25) is 0 Å². The van der Waals surface area contributed by atoms with Gasteiger partial charge in [-0.15, -0.1) is 0 Å². The quantitative estimate of drug-likeness (QED) is 0.327. The van der Waals surface area contributed by atoms with Gasteiger partial charge in [-0.2, -0.15) is 13.2 Å². The van der Waals surface area contributed by atoms with Gasteiger partial charge in [0.25, 0.3) is 0 Å². The molecule has 0 aliphatic carbocycles. The van der Waals surface area contributed by atoms with Crippen LogP contribution >= 0.6 is 0 Å². The summed E-state index contributed by atoms with van der Waals surface area (Å²) in [4.78, 5) is 11.8. The SMILES string of the molecule is CCCCCCCC/C=C\C(OC(=O)c1ccc(O)cc1)C(F)(F)F. The van der Waals surface area contributed by atoms with Gasteiger partial charge in [-0.05, 0) is 43.2 Å². The second-order valence-electron chi connectivity index (χ2n) is 5.90. The molecule has 1 aromatic rings. The van der Waals surface area contributed by atoms with Crippen molar-refractivity contribution in [3.05, 3.63) is 42.0 Å². The van der Waals surface area contributed by atoms with E-state index in [1.165, 1.54) is 36.8 Å². The minimum Gasteiger partial charge on any atom is -0.508 e. The van der Waals surface area contributed by atoms with E-state index < -0.39 is 18.2 Å². The molecule has 0 aromatic heterocycles. The lowest BCUT2D eigenvalue weighted by Crippen LogP contribution is -2.32. The van der Waals surface area contributed by atoms with Gasteiger partial charge in [0.1, 0.15) is 5.75 Å². The highest BCUT2D eigenvalue weighted by molar-refractivity contribution is 5.89. The smallest absolute Gasteiger partial charge is 0.429 e. The van der Waals surface area contributed by atoms with E-state index in [9.17, 15) is 18.0 Å². The van der Waals surface area contributed by atoms with Crippen LogP contribution in [-0.2, 0) is 4.74 Å². The summed E-state index contributed by atoms with van der Waals surface area (Å²) in [5.74, 6) is -1.16. The van der Waals surface area contributed by atoms with Crippen LogP contribution in [0.15, 0.2) is 36.4 Å². The van der Waals surface area contributed by atoms with Crippen LogP contribution in [0.5, 0.6) is 5.75 Å². The Hall–Kier alpha value is -1.98. The van der Waals surface area contributed by atoms with Crippen molar-refractivity contribution in [1.29, 1.82) is 0 Å². The zero-order chi connectivity index (χ0) is 18.7. The number of allylic oxidation sites excluding steroid dienone is 1. The van der Waals surface area contributed by atoms with Crippen molar-refractivity contribution in [2.45, 2.75) is 64.1 Å². The average molecular weight is 358 g/mol. The van der Waals surface area contributed by atoms with Crippen LogP contribution in [0.25, 0.3) is 0 Å². The zero-order valence-corrected chi connectivity index (χ0v) is 14.4. The van der Waals surface area contributed by atoms with Gasteiger partial charge in [0.15, 0.2) is 0 Å². The third kappa shape index (κ3) is 8.61. The van der Waals surface area contributed by atoms with Gasteiger partial charge in [0.2, 0.25) is 6.10 Å². The Morgan fingerprint density at radius 1 is 1.12 bits per heavy atom. The van der Waals surface area contributed by atoms with E-state index in [-0.39, 0.29) is 11.3 Å². The van der Waals surface area contributed by atoms with Crippen LogP contribution in [0.3, 0.4) is 0 Å². The number of hydrogen-bond donors (Lipinski definition) is 1. The lowest BCUT2D eigenvalue weighted by atomic mass is 10.1. The number of carbonyl (C=O) groups is 1. The molecule has 1 unspecified atom stereocenters. The second-order valence-corrected chi connectivity index (χ2v) is 5.90. The monoisotopic (exact) mass is 358 g/mol. The molecule has 1 aromatic carbocycles. The fraction of sp³-hybridized carbons (Fsp3) is 0.526. The normalized spacial score (nSPS) is 13.1. The van der Waals surface area contributed by atoms with Gasteiger partial charge in [-0.25, -0.2) is 4.79 Å². The number of esters is 1. The zero-order valence-electron chi connectivity index (χ0n) is 14.4. The van der Waals surface area contributed by atoms with Crippen LogP contribution in [0.2, 0.25) is 0 Å². The summed E-state index contributed by atoms with van der Waals surface area (Å²) in [6.45, 7) is 2.12. The molecule has 25 heavy (non-hydrogen) atoms. The van der Waals surface area contributed by atoms with Gasteiger partial charge < -0.3 is 9.84 Å². The first-order valence-corrected chi connectivity index (χ1v) is 8.58. The number of aromatic hydroxyl groups is 1. The van der Waals surface area contributed by atoms with Crippen LogP contribution in [0, 0.1) is 0 Å². The van der Waals surface area contributed by atoms with Crippen molar-refractivity contribution in [2.24, 2.45) is 0 Å². The van der Waals surface area contributed by atoms with Crippen molar-refractivity contribution >= 4 is 5.97 Å². The summed E-state index contributed by atoms with van der Waals surface area (Å²) < 4.78 is 43.6. The Balaban J connectivity index is 2.50. The second kappa shape index (κ2) is 10.8. The molecule has 0 fully saturated rings. The van der Waals surface area contributed by atoms with Crippen molar-refractivity contribution in [3.8, 4) is 5.75 Å². The van der Waals surface area contributed by atoms with Gasteiger partial charge in [0.05, 0.1) is 5.56 Å². The van der Waals surface area contributed by atoms with Crippen LogP contribution in [0.4, 0.5) is 13.2 Å². The van der Waals surface area contributed by atoms with Crippen LogP contribution < -0.4 is 0 Å². The Labute approximate surface area is 146 Å². The molecule has 0 bridgehead atoms. The van der Waals surface area contributed by atoms with E-state index in [2.05, 4.69) is 11.7 Å². The largest absolute Gasteiger partial charge is 0.508 e. The molecule has 140 valence electrons. The molecule has 3 nitrogen and oxygen atoms in total. The summed E-state index contributed by atoms with van der Waals surface area (Å²) >= 11 is 0. The van der Waals surface area contributed by atoms with Gasteiger partial charge >= 0.3 is 12.1 Å². The first kappa shape index (κ1) is 21.1. The Morgan fingerprint density at radius 3 is 2.32 bits per heavy atom.